The molecule has 1 saturated heterocycles. The maximum atomic E-state index is 5.34. The third-order valence-electron chi connectivity index (χ3n) is 5.62. The normalized spacial score (nSPS) is 23.2. The summed E-state index contributed by atoms with van der Waals surface area (Å²) in [5, 5.41) is 1.68. The molecule has 3 aromatic rings. The molecule has 29 heavy (non-hydrogen) atoms. The molecule has 148 valence electrons. The lowest BCUT2D eigenvalue weighted by Crippen LogP contribution is -2.30. The van der Waals surface area contributed by atoms with Crippen LogP contribution < -0.4 is 4.74 Å². The zero-order chi connectivity index (χ0) is 20.0. The summed E-state index contributed by atoms with van der Waals surface area (Å²) in [5.41, 5.74) is 4.61. The molecule has 3 atom stereocenters. The van der Waals surface area contributed by atoms with E-state index < -0.39 is 0 Å². The molecule has 5 nitrogen and oxygen atoms in total. The van der Waals surface area contributed by atoms with Gasteiger partial charge in [-0.25, -0.2) is 0 Å². The quantitative estimate of drug-likeness (QED) is 0.628. The van der Waals surface area contributed by atoms with Gasteiger partial charge in [0.05, 0.1) is 18.8 Å². The smallest absolute Gasteiger partial charge is 0.160 e. The standard InChI is InChI=1S/C23H24N4OS/c1-15-7-12-20(27(15)17-8-10-18(28-3)11-9-17)22-21(19-6-4-5-13-24-19)25-23-26(22)14-16(2)29-23/h4-13,16,21-22H,14H2,1-3H3/t16-,21+,22-/m0/s1. The van der Waals surface area contributed by atoms with Crippen molar-refractivity contribution in [3.05, 3.63) is 77.9 Å². The van der Waals surface area contributed by atoms with E-state index in [1.165, 1.54) is 11.4 Å². The minimum atomic E-state index is -0.00232. The van der Waals surface area contributed by atoms with Crippen molar-refractivity contribution >= 4 is 16.9 Å². The largest absolute Gasteiger partial charge is 0.497 e. The number of pyridine rings is 1. The number of aromatic nitrogens is 2. The molecule has 0 aliphatic carbocycles. The van der Waals surface area contributed by atoms with E-state index in [2.05, 4.69) is 58.6 Å². The first-order valence-electron chi connectivity index (χ1n) is 9.90. The van der Waals surface area contributed by atoms with Crippen LogP contribution in [-0.4, -0.2) is 38.5 Å². The van der Waals surface area contributed by atoms with Crippen LogP contribution in [0.25, 0.3) is 5.69 Å². The third kappa shape index (κ3) is 3.12. The summed E-state index contributed by atoms with van der Waals surface area (Å²) in [6.07, 6.45) is 1.86. The summed E-state index contributed by atoms with van der Waals surface area (Å²) < 4.78 is 7.68. The summed E-state index contributed by atoms with van der Waals surface area (Å²) in [7, 11) is 1.70. The molecule has 0 amide bonds. The van der Waals surface area contributed by atoms with Crippen molar-refractivity contribution in [2.45, 2.75) is 31.2 Å². The monoisotopic (exact) mass is 404 g/mol. The molecular formula is C23H24N4OS. The molecular weight excluding hydrogens is 380 g/mol. The van der Waals surface area contributed by atoms with Crippen LogP contribution in [0.3, 0.4) is 0 Å². The highest BCUT2D eigenvalue weighted by Crippen LogP contribution is 2.48. The van der Waals surface area contributed by atoms with Crippen LogP contribution in [0.5, 0.6) is 5.75 Å². The Morgan fingerprint density at radius 1 is 1.07 bits per heavy atom. The molecule has 2 aromatic heterocycles. The Kier molecular flexibility index (Phi) is 4.59. The van der Waals surface area contributed by atoms with E-state index in [1.807, 2.05) is 42.2 Å². The molecule has 0 N–H and O–H groups in total. The van der Waals surface area contributed by atoms with Gasteiger partial charge in [-0.15, -0.1) is 0 Å². The molecule has 1 fully saturated rings. The van der Waals surface area contributed by atoms with Crippen LogP contribution >= 0.6 is 11.8 Å². The Balaban J connectivity index is 1.62. The number of amidine groups is 1. The summed E-state index contributed by atoms with van der Waals surface area (Å²) in [5.74, 6) is 0.864. The second-order valence-corrected chi connectivity index (χ2v) is 8.98. The third-order valence-corrected chi connectivity index (χ3v) is 6.72. The fraction of sp³-hybridized carbons (Fsp3) is 0.304. The second kappa shape index (κ2) is 7.26. The highest BCUT2D eigenvalue weighted by Gasteiger charge is 2.44. The highest BCUT2D eigenvalue weighted by molar-refractivity contribution is 8.14. The number of aliphatic imine (C=N–C) groups is 1. The number of aryl methyl sites for hydroxylation is 1. The van der Waals surface area contributed by atoms with Gasteiger partial charge < -0.3 is 14.2 Å². The van der Waals surface area contributed by atoms with Crippen molar-refractivity contribution in [2.75, 3.05) is 13.7 Å². The average molecular weight is 405 g/mol. The van der Waals surface area contributed by atoms with Crippen molar-refractivity contribution in [2.24, 2.45) is 4.99 Å². The van der Waals surface area contributed by atoms with Gasteiger partial charge in [0.15, 0.2) is 5.17 Å². The number of methoxy groups -OCH3 is 1. The minimum absolute atomic E-state index is 0.00232. The van der Waals surface area contributed by atoms with Crippen LogP contribution in [0.1, 0.15) is 36.1 Å². The van der Waals surface area contributed by atoms with Gasteiger partial charge in [0.2, 0.25) is 0 Å². The van der Waals surface area contributed by atoms with E-state index in [9.17, 15) is 0 Å². The lowest BCUT2D eigenvalue weighted by molar-refractivity contribution is 0.312. The van der Waals surface area contributed by atoms with Gasteiger partial charge in [0, 0.05) is 35.1 Å². The Morgan fingerprint density at radius 3 is 2.62 bits per heavy atom. The molecule has 4 heterocycles. The Bertz CT molecular complexity index is 1040. The minimum Gasteiger partial charge on any atom is -0.497 e. The highest BCUT2D eigenvalue weighted by atomic mass is 32.2. The maximum absolute atomic E-state index is 5.34. The van der Waals surface area contributed by atoms with Crippen molar-refractivity contribution in [1.29, 1.82) is 0 Å². The first-order chi connectivity index (χ1) is 14.2. The maximum Gasteiger partial charge on any atom is 0.160 e. The van der Waals surface area contributed by atoms with Crippen molar-refractivity contribution in [1.82, 2.24) is 14.5 Å². The summed E-state index contributed by atoms with van der Waals surface area (Å²) >= 11 is 1.87. The summed E-state index contributed by atoms with van der Waals surface area (Å²) in [4.78, 5) is 12.2. The summed E-state index contributed by atoms with van der Waals surface area (Å²) in [6.45, 7) is 5.43. The number of rotatable bonds is 4. The number of hydrogen-bond acceptors (Lipinski definition) is 5. The zero-order valence-corrected chi connectivity index (χ0v) is 17.6. The van der Waals surface area contributed by atoms with E-state index in [-0.39, 0.29) is 12.1 Å². The number of nitrogens with zero attached hydrogens (tertiary/aromatic N) is 4. The lowest BCUT2D eigenvalue weighted by Gasteiger charge is -2.28. The zero-order valence-electron chi connectivity index (χ0n) is 16.8. The Morgan fingerprint density at radius 2 is 1.90 bits per heavy atom. The molecule has 5 rings (SSSR count). The Hall–Kier alpha value is -2.73. The number of hydrogen-bond donors (Lipinski definition) is 0. The van der Waals surface area contributed by atoms with E-state index in [1.54, 1.807) is 7.11 Å². The van der Waals surface area contributed by atoms with E-state index >= 15 is 0 Å². The molecule has 0 radical (unpaired) electrons. The lowest BCUT2D eigenvalue weighted by atomic mass is 10.0. The van der Waals surface area contributed by atoms with Crippen LogP contribution in [0, 0.1) is 6.92 Å². The fourth-order valence-electron chi connectivity index (χ4n) is 4.31. The van der Waals surface area contributed by atoms with Gasteiger partial charge in [-0.1, -0.05) is 24.8 Å². The van der Waals surface area contributed by atoms with Gasteiger partial charge in [-0.05, 0) is 55.5 Å². The average Bonchev–Trinajstić information content (AvgIpc) is 3.40. The number of ether oxygens (including phenoxy) is 1. The Labute approximate surface area is 175 Å². The molecule has 0 unspecified atom stereocenters. The van der Waals surface area contributed by atoms with Crippen LogP contribution in [0.2, 0.25) is 0 Å². The van der Waals surface area contributed by atoms with Gasteiger partial charge in [-0.3, -0.25) is 9.98 Å². The number of fused-ring (bicyclic) bond motifs is 1. The van der Waals surface area contributed by atoms with E-state index in [0.29, 0.717) is 5.25 Å². The predicted molar refractivity (Wildman–Crippen MR) is 118 cm³/mol. The topological polar surface area (TPSA) is 42.6 Å². The van der Waals surface area contributed by atoms with Gasteiger partial charge in [0.1, 0.15) is 11.8 Å². The first kappa shape index (κ1) is 18.3. The molecule has 2 aliphatic heterocycles. The fourth-order valence-corrected chi connectivity index (χ4v) is 5.40. The van der Waals surface area contributed by atoms with Crippen LogP contribution in [-0.2, 0) is 0 Å². The van der Waals surface area contributed by atoms with Crippen molar-refractivity contribution in [3.63, 3.8) is 0 Å². The van der Waals surface area contributed by atoms with Crippen molar-refractivity contribution in [3.8, 4) is 11.4 Å². The van der Waals surface area contributed by atoms with E-state index in [0.717, 1.165) is 28.8 Å². The van der Waals surface area contributed by atoms with Gasteiger partial charge in [0.25, 0.3) is 0 Å². The molecule has 0 saturated carbocycles. The second-order valence-electron chi connectivity index (χ2n) is 7.57. The van der Waals surface area contributed by atoms with Crippen LogP contribution in [0.4, 0.5) is 0 Å². The summed E-state index contributed by atoms with van der Waals surface area (Å²) in [6, 6.07) is 18.9. The molecule has 6 heteroatoms. The van der Waals surface area contributed by atoms with Gasteiger partial charge >= 0.3 is 0 Å². The first-order valence-corrected chi connectivity index (χ1v) is 10.8. The SMILES string of the molecule is COc1ccc(-n2c(C)ccc2[C@H]2[C@@H](c3ccccn3)N=C3S[C@@H](C)CN32)cc1. The molecule has 1 aromatic carbocycles. The number of thioether (sulfide) groups is 1. The molecule has 0 spiro atoms. The number of benzene rings is 1. The van der Waals surface area contributed by atoms with Crippen LogP contribution in [0.15, 0.2) is 65.8 Å². The van der Waals surface area contributed by atoms with E-state index in [4.69, 9.17) is 9.73 Å². The predicted octanol–water partition coefficient (Wildman–Crippen LogP) is 4.78. The molecule has 0 bridgehead atoms. The van der Waals surface area contributed by atoms with Crippen molar-refractivity contribution < 1.29 is 4.74 Å². The molecule has 2 aliphatic rings. The van der Waals surface area contributed by atoms with Gasteiger partial charge in [-0.2, -0.15) is 0 Å².